The molecule has 178 valence electrons. The summed E-state index contributed by atoms with van der Waals surface area (Å²) in [6.07, 6.45) is 3.45. The summed E-state index contributed by atoms with van der Waals surface area (Å²) in [6.45, 7) is 6.61. The third-order valence-corrected chi connectivity index (χ3v) is 6.94. The molecule has 0 radical (unpaired) electrons. The molecule has 35 heavy (non-hydrogen) atoms. The Labute approximate surface area is 209 Å². The van der Waals surface area contributed by atoms with E-state index in [1.807, 2.05) is 50.2 Å². The number of thiocarbonyl (C=S) groups is 1. The summed E-state index contributed by atoms with van der Waals surface area (Å²) in [7, 11) is 0. The van der Waals surface area contributed by atoms with Crippen LogP contribution < -0.4 is 5.32 Å². The van der Waals surface area contributed by atoms with Crippen LogP contribution >= 0.6 is 12.2 Å². The molecule has 0 saturated carbocycles. The third-order valence-electron chi connectivity index (χ3n) is 6.59. The number of carbonyl (C=O) groups is 1. The van der Waals surface area contributed by atoms with Gasteiger partial charge in [0, 0.05) is 23.3 Å². The number of rotatable bonds is 6. The summed E-state index contributed by atoms with van der Waals surface area (Å²) in [5, 5.41) is 13.7. The number of nitrogens with zero attached hydrogens (tertiary/aromatic N) is 3. The number of carboxylic acid groups (broad SMARTS) is 1. The van der Waals surface area contributed by atoms with E-state index in [9.17, 15) is 9.90 Å². The monoisotopic (exact) mass is 486 g/mol. The molecular weight excluding hydrogens is 460 g/mol. The first-order valence-electron chi connectivity index (χ1n) is 11.4. The molecule has 5 rings (SSSR count). The maximum atomic E-state index is 11.7. The highest BCUT2D eigenvalue weighted by Gasteiger charge is 2.41. The highest BCUT2D eigenvalue weighted by Crippen LogP contribution is 2.42. The molecule has 0 spiro atoms. The van der Waals surface area contributed by atoms with Crippen molar-refractivity contribution in [1.29, 1.82) is 0 Å². The maximum absolute atomic E-state index is 11.7. The molecule has 0 unspecified atom stereocenters. The van der Waals surface area contributed by atoms with Crippen molar-refractivity contribution >= 4 is 23.3 Å². The minimum atomic E-state index is -0.945. The van der Waals surface area contributed by atoms with Gasteiger partial charge in [0.25, 0.3) is 0 Å². The van der Waals surface area contributed by atoms with Gasteiger partial charge in [-0.1, -0.05) is 12.1 Å². The van der Waals surface area contributed by atoms with Gasteiger partial charge in [-0.3, -0.25) is 4.98 Å². The summed E-state index contributed by atoms with van der Waals surface area (Å²) in [5.41, 5.74) is 6.14. The summed E-state index contributed by atoms with van der Waals surface area (Å²) >= 11 is 5.78. The van der Waals surface area contributed by atoms with Crippen LogP contribution in [0.2, 0.25) is 0 Å². The highest BCUT2D eigenvalue weighted by molar-refractivity contribution is 7.80. The fourth-order valence-electron chi connectivity index (χ4n) is 4.93. The lowest BCUT2D eigenvalue weighted by molar-refractivity contribution is 0.0697. The summed E-state index contributed by atoms with van der Waals surface area (Å²) < 4.78 is 7.77. The van der Waals surface area contributed by atoms with E-state index >= 15 is 0 Å². The molecular formula is C27H26N4O3S. The number of aromatic carboxylic acids is 1. The van der Waals surface area contributed by atoms with Crippen LogP contribution in [-0.4, -0.2) is 30.6 Å². The topological polar surface area (TPSA) is 83.5 Å². The SMILES string of the molecule is Cc1ccc(C(=O)O)cc1-n1c(C)cc([C@H]2[C@H](c3ccccn3)NC(=S)N2Cc2ccco2)c1C. The molecule has 7 nitrogen and oxygen atoms in total. The van der Waals surface area contributed by atoms with Crippen LogP contribution in [0, 0.1) is 20.8 Å². The number of aromatic nitrogens is 2. The minimum Gasteiger partial charge on any atom is -0.478 e. The molecule has 1 fully saturated rings. The van der Waals surface area contributed by atoms with Gasteiger partial charge in [0.05, 0.1) is 36.1 Å². The predicted octanol–water partition coefficient (Wildman–Crippen LogP) is 5.26. The van der Waals surface area contributed by atoms with Crippen LogP contribution in [0.25, 0.3) is 5.69 Å². The first kappa shape index (κ1) is 22.9. The predicted molar refractivity (Wildman–Crippen MR) is 137 cm³/mol. The molecule has 4 heterocycles. The lowest BCUT2D eigenvalue weighted by Gasteiger charge is -2.27. The number of hydrogen-bond donors (Lipinski definition) is 2. The molecule has 2 N–H and O–H groups in total. The zero-order valence-corrected chi connectivity index (χ0v) is 20.5. The van der Waals surface area contributed by atoms with Crippen molar-refractivity contribution in [2.75, 3.05) is 0 Å². The van der Waals surface area contributed by atoms with E-state index in [1.54, 1.807) is 24.6 Å². The number of carboxylic acids is 1. The Morgan fingerprint density at radius 3 is 2.66 bits per heavy atom. The highest BCUT2D eigenvalue weighted by atomic mass is 32.1. The average molecular weight is 487 g/mol. The molecule has 1 aromatic carbocycles. The van der Waals surface area contributed by atoms with Crippen molar-refractivity contribution in [2.45, 2.75) is 39.4 Å². The van der Waals surface area contributed by atoms with Gasteiger partial charge in [0.1, 0.15) is 5.76 Å². The Morgan fingerprint density at radius 1 is 1.14 bits per heavy atom. The van der Waals surface area contributed by atoms with E-state index in [4.69, 9.17) is 16.6 Å². The Bertz CT molecular complexity index is 1400. The quantitative estimate of drug-likeness (QED) is 0.360. The van der Waals surface area contributed by atoms with Gasteiger partial charge in [-0.2, -0.15) is 0 Å². The number of aryl methyl sites for hydroxylation is 2. The molecule has 0 amide bonds. The second-order valence-corrected chi connectivity index (χ2v) is 9.19. The van der Waals surface area contributed by atoms with Crippen molar-refractivity contribution < 1.29 is 14.3 Å². The molecule has 4 aromatic rings. The second kappa shape index (κ2) is 9.03. The summed E-state index contributed by atoms with van der Waals surface area (Å²) in [6, 6.07) is 16.8. The zero-order chi connectivity index (χ0) is 24.7. The number of nitrogens with one attached hydrogen (secondary N) is 1. The van der Waals surface area contributed by atoms with E-state index in [2.05, 4.69) is 32.8 Å². The maximum Gasteiger partial charge on any atom is 0.335 e. The van der Waals surface area contributed by atoms with E-state index in [0.717, 1.165) is 39.7 Å². The zero-order valence-electron chi connectivity index (χ0n) is 19.7. The van der Waals surface area contributed by atoms with Crippen molar-refractivity contribution in [3.63, 3.8) is 0 Å². The van der Waals surface area contributed by atoms with Gasteiger partial charge in [-0.25, -0.2) is 4.79 Å². The third kappa shape index (κ3) is 4.10. The molecule has 1 aliphatic heterocycles. The van der Waals surface area contributed by atoms with Crippen molar-refractivity contribution in [1.82, 2.24) is 19.8 Å². The average Bonchev–Trinajstić information content (AvgIpc) is 3.54. The van der Waals surface area contributed by atoms with Crippen LogP contribution in [0.4, 0.5) is 0 Å². The molecule has 3 aromatic heterocycles. The molecule has 8 heteroatoms. The van der Waals surface area contributed by atoms with E-state index in [0.29, 0.717) is 11.7 Å². The Hall–Kier alpha value is -3.91. The fraction of sp³-hybridized carbons (Fsp3) is 0.222. The van der Waals surface area contributed by atoms with Gasteiger partial charge in [-0.05, 0) is 86.6 Å². The van der Waals surface area contributed by atoms with Gasteiger partial charge in [0.15, 0.2) is 5.11 Å². The fourth-order valence-corrected chi connectivity index (χ4v) is 5.23. The van der Waals surface area contributed by atoms with Crippen LogP contribution in [-0.2, 0) is 6.54 Å². The van der Waals surface area contributed by atoms with Crippen LogP contribution in [0.15, 0.2) is 71.5 Å². The standard InChI is InChI=1S/C27H26N4O3S/c1-16-9-10-19(26(32)33)14-23(16)31-17(2)13-21(18(31)3)25-24(22-8-4-5-11-28-22)29-27(35)30(25)15-20-7-6-12-34-20/h4-14,24-25H,15H2,1-3H3,(H,29,35)(H,32,33)/t24-,25-/m0/s1. The van der Waals surface area contributed by atoms with E-state index < -0.39 is 5.97 Å². The molecule has 1 aliphatic rings. The second-order valence-electron chi connectivity index (χ2n) is 8.80. The lowest BCUT2D eigenvalue weighted by atomic mass is 9.96. The van der Waals surface area contributed by atoms with Crippen LogP contribution in [0.3, 0.4) is 0 Å². The number of hydrogen-bond acceptors (Lipinski definition) is 4. The van der Waals surface area contributed by atoms with Crippen molar-refractivity contribution in [3.8, 4) is 5.69 Å². The van der Waals surface area contributed by atoms with Gasteiger partial charge >= 0.3 is 5.97 Å². The largest absolute Gasteiger partial charge is 0.478 e. The number of benzene rings is 1. The van der Waals surface area contributed by atoms with Gasteiger partial charge < -0.3 is 24.3 Å². The lowest BCUT2D eigenvalue weighted by Crippen LogP contribution is -2.29. The van der Waals surface area contributed by atoms with Crippen molar-refractivity contribution in [2.24, 2.45) is 0 Å². The first-order valence-corrected chi connectivity index (χ1v) is 11.8. The molecule has 1 saturated heterocycles. The van der Waals surface area contributed by atoms with E-state index in [-0.39, 0.29) is 17.6 Å². The van der Waals surface area contributed by atoms with E-state index in [1.165, 1.54) is 0 Å². The normalized spacial score (nSPS) is 17.6. The summed E-state index contributed by atoms with van der Waals surface area (Å²) in [5.74, 6) is -0.126. The first-order chi connectivity index (χ1) is 16.8. The van der Waals surface area contributed by atoms with Crippen molar-refractivity contribution in [3.05, 3.63) is 107 Å². The summed E-state index contributed by atoms with van der Waals surface area (Å²) in [4.78, 5) is 18.4. The number of furan rings is 1. The Kier molecular flexibility index (Phi) is 5.90. The minimum absolute atomic E-state index is 0.134. The van der Waals surface area contributed by atoms with Crippen LogP contribution in [0.1, 0.15) is 56.4 Å². The molecule has 2 atom stereocenters. The molecule has 0 bridgehead atoms. The Balaban J connectivity index is 1.65. The molecule has 0 aliphatic carbocycles. The Morgan fingerprint density at radius 2 is 1.97 bits per heavy atom. The van der Waals surface area contributed by atoms with Crippen LogP contribution in [0.5, 0.6) is 0 Å². The number of pyridine rings is 1. The van der Waals surface area contributed by atoms with Gasteiger partial charge in [-0.15, -0.1) is 0 Å². The smallest absolute Gasteiger partial charge is 0.335 e. The van der Waals surface area contributed by atoms with Gasteiger partial charge in [0.2, 0.25) is 0 Å².